The van der Waals surface area contributed by atoms with E-state index in [4.69, 9.17) is 6.42 Å². The molecule has 2 amide bonds. The number of carbonyl (C=O) groups is 2. The summed E-state index contributed by atoms with van der Waals surface area (Å²) in [6, 6.07) is 16.5. The summed E-state index contributed by atoms with van der Waals surface area (Å²) in [7, 11) is 0. The lowest BCUT2D eigenvalue weighted by Gasteiger charge is -2.08. The maximum absolute atomic E-state index is 12.6. The van der Waals surface area contributed by atoms with E-state index in [0.29, 0.717) is 4.91 Å². The summed E-state index contributed by atoms with van der Waals surface area (Å²) in [6.45, 7) is 2.87. The first-order chi connectivity index (χ1) is 14.1. The summed E-state index contributed by atoms with van der Waals surface area (Å²) in [6.07, 6.45) is 10.1. The van der Waals surface area contributed by atoms with Gasteiger partial charge in [0.25, 0.3) is 11.1 Å². The third kappa shape index (κ3) is 3.59. The number of hydrogen-bond donors (Lipinski definition) is 0. The molecule has 0 atom stereocenters. The number of amides is 2. The van der Waals surface area contributed by atoms with Gasteiger partial charge in [-0.05, 0) is 35.4 Å². The van der Waals surface area contributed by atoms with Crippen molar-refractivity contribution in [1.82, 2.24) is 9.47 Å². The topological polar surface area (TPSA) is 42.3 Å². The van der Waals surface area contributed by atoms with Crippen LogP contribution in [0, 0.1) is 12.3 Å². The van der Waals surface area contributed by atoms with Crippen LogP contribution in [0.15, 0.2) is 59.6 Å². The van der Waals surface area contributed by atoms with Crippen LogP contribution >= 0.6 is 11.8 Å². The lowest BCUT2D eigenvalue weighted by Crippen LogP contribution is -2.28. The van der Waals surface area contributed by atoms with Crippen LogP contribution < -0.4 is 0 Å². The van der Waals surface area contributed by atoms with Crippen LogP contribution in [-0.2, 0) is 17.8 Å². The molecule has 0 radical (unpaired) electrons. The zero-order valence-corrected chi connectivity index (χ0v) is 16.9. The molecule has 1 saturated heterocycles. The first-order valence-corrected chi connectivity index (χ1v) is 10.3. The molecule has 4 rings (SSSR count). The zero-order valence-electron chi connectivity index (χ0n) is 16.1. The molecule has 0 spiro atoms. The first-order valence-electron chi connectivity index (χ1n) is 9.46. The van der Waals surface area contributed by atoms with Crippen molar-refractivity contribution >= 4 is 39.9 Å². The van der Waals surface area contributed by atoms with Gasteiger partial charge in [-0.15, -0.1) is 6.42 Å². The highest BCUT2D eigenvalue weighted by Crippen LogP contribution is 2.34. The van der Waals surface area contributed by atoms with Crippen LogP contribution in [0.2, 0.25) is 0 Å². The fraction of sp³-hybridized carbons (Fsp3) is 0.167. The molecule has 1 fully saturated rings. The predicted octanol–water partition coefficient (Wildman–Crippen LogP) is 4.92. The van der Waals surface area contributed by atoms with Crippen molar-refractivity contribution in [1.29, 1.82) is 0 Å². The Morgan fingerprint density at radius 2 is 1.90 bits per heavy atom. The van der Waals surface area contributed by atoms with Crippen LogP contribution in [-0.4, -0.2) is 27.2 Å². The molecule has 1 aliphatic rings. The van der Waals surface area contributed by atoms with Crippen molar-refractivity contribution in [2.24, 2.45) is 0 Å². The van der Waals surface area contributed by atoms with E-state index >= 15 is 0 Å². The van der Waals surface area contributed by atoms with E-state index in [0.717, 1.165) is 46.1 Å². The van der Waals surface area contributed by atoms with Crippen LogP contribution in [0.1, 0.15) is 23.6 Å². The molecule has 144 valence electrons. The second-order valence-corrected chi connectivity index (χ2v) is 7.83. The molecule has 0 aliphatic carbocycles. The van der Waals surface area contributed by atoms with Gasteiger partial charge in [-0.2, -0.15) is 0 Å². The Labute approximate surface area is 174 Å². The van der Waals surface area contributed by atoms with Crippen molar-refractivity contribution in [2.45, 2.75) is 19.9 Å². The number of terminal acetylenes is 1. The van der Waals surface area contributed by atoms with Crippen LogP contribution in [0.4, 0.5) is 4.79 Å². The highest BCUT2D eigenvalue weighted by molar-refractivity contribution is 8.18. The molecule has 2 aromatic carbocycles. The van der Waals surface area contributed by atoms with Gasteiger partial charge in [0.15, 0.2) is 0 Å². The lowest BCUT2D eigenvalue weighted by molar-refractivity contribution is -0.122. The van der Waals surface area contributed by atoms with Crippen molar-refractivity contribution in [2.75, 3.05) is 6.54 Å². The van der Waals surface area contributed by atoms with Gasteiger partial charge in [-0.3, -0.25) is 14.5 Å². The predicted molar refractivity (Wildman–Crippen MR) is 118 cm³/mol. The number of imide groups is 1. The van der Waals surface area contributed by atoms with Crippen molar-refractivity contribution in [3.63, 3.8) is 0 Å². The molecular formula is C24H20N2O2S. The molecule has 5 heteroatoms. The number of aryl methyl sites for hydroxylation is 1. The van der Waals surface area contributed by atoms with Crippen LogP contribution in [0.5, 0.6) is 0 Å². The fourth-order valence-electron chi connectivity index (χ4n) is 3.64. The SMILES string of the molecule is C#CCN1C(=O)S/C(=C\c2cn(Cc3ccccc3)c3c(CC)cccc23)C1=O. The molecule has 1 aliphatic heterocycles. The van der Waals surface area contributed by atoms with E-state index in [-0.39, 0.29) is 17.7 Å². The summed E-state index contributed by atoms with van der Waals surface area (Å²) >= 11 is 0.942. The second-order valence-electron chi connectivity index (χ2n) is 6.84. The number of nitrogens with zero attached hydrogens (tertiary/aromatic N) is 2. The Balaban J connectivity index is 1.81. The zero-order chi connectivity index (χ0) is 20.4. The summed E-state index contributed by atoms with van der Waals surface area (Å²) in [4.78, 5) is 26.2. The Bertz CT molecular complexity index is 1170. The highest BCUT2D eigenvalue weighted by Gasteiger charge is 2.34. The summed E-state index contributed by atoms with van der Waals surface area (Å²) in [5.74, 6) is 2.05. The molecule has 0 unspecified atom stereocenters. The number of carbonyl (C=O) groups excluding carboxylic acids is 2. The van der Waals surface area contributed by atoms with E-state index in [1.54, 1.807) is 0 Å². The molecule has 2 heterocycles. The van der Waals surface area contributed by atoms with E-state index in [2.05, 4.69) is 47.9 Å². The monoisotopic (exact) mass is 400 g/mol. The van der Waals surface area contributed by atoms with Gasteiger partial charge in [0.05, 0.1) is 17.0 Å². The van der Waals surface area contributed by atoms with Crippen molar-refractivity contribution in [3.05, 3.63) is 76.3 Å². The maximum atomic E-state index is 12.6. The standard InChI is InChI=1S/C24H20N2O2S/c1-3-13-26-23(27)21(29-24(26)28)14-19-16-25(15-17-9-6-5-7-10-17)22-18(4-2)11-8-12-20(19)22/h1,5-12,14,16H,4,13,15H2,2H3/b21-14-. The summed E-state index contributed by atoms with van der Waals surface area (Å²) < 4.78 is 2.22. The minimum Gasteiger partial charge on any atom is -0.342 e. The molecule has 0 saturated carbocycles. The average molecular weight is 401 g/mol. The van der Waals surface area contributed by atoms with Crippen LogP contribution in [0.25, 0.3) is 17.0 Å². The van der Waals surface area contributed by atoms with Crippen molar-refractivity contribution < 1.29 is 9.59 Å². The second kappa shape index (κ2) is 8.02. The van der Waals surface area contributed by atoms with Crippen molar-refractivity contribution in [3.8, 4) is 12.3 Å². The molecule has 1 aromatic heterocycles. The number of rotatable bonds is 5. The van der Waals surface area contributed by atoms with Gasteiger partial charge in [-0.1, -0.05) is 61.4 Å². The number of benzene rings is 2. The summed E-state index contributed by atoms with van der Waals surface area (Å²) in [5, 5.41) is 0.755. The molecule has 4 nitrogen and oxygen atoms in total. The van der Waals surface area contributed by atoms with Gasteiger partial charge in [0.1, 0.15) is 0 Å². The summed E-state index contributed by atoms with van der Waals surface area (Å²) in [5.41, 5.74) is 4.54. The number of fused-ring (bicyclic) bond motifs is 1. The van der Waals surface area contributed by atoms with Gasteiger partial charge in [0, 0.05) is 23.7 Å². The third-order valence-electron chi connectivity index (χ3n) is 5.00. The molecular weight excluding hydrogens is 380 g/mol. The molecule has 0 bridgehead atoms. The minimum absolute atomic E-state index is 0.00223. The van der Waals surface area contributed by atoms with E-state index < -0.39 is 0 Å². The first kappa shape index (κ1) is 19.1. The van der Waals surface area contributed by atoms with E-state index in [1.165, 1.54) is 11.1 Å². The Hall–Kier alpha value is -3.23. The van der Waals surface area contributed by atoms with Gasteiger partial charge in [-0.25, -0.2) is 0 Å². The Kier molecular flexibility index (Phi) is 5.28. The van der Waals surface area contributed by atoms with E-state index in [1.807, 2.05) is 30.3 Å². The fourth-order valence-corrected chi connectivity index (χ4v) is 4.47. The number of aromatic nitrogens is 1. The highest BCUT2D eigenvalue weighted by atomic mass is 32.2. The maximum Gasteiger partial charge on any atom is 0.294 e. The van der Waals surface area contributed by atoms with Gasteiger partial charge >= 0.3 is 0 Å². The smallest absolute Gasteiger partial charge is 0.294 e. The van der Waals surface area contributed by atoms with E-state index in [9.17, 15) is 9.59 Å². The van der Waals surface area contributed by atoms with Crippen LogP contribution in [0.3, 0.4) is 0 Å². The Morgan fingerprint density at radius 3 is 2.62 bits per heavy atom. The number of hydrogen-bond acceptors (Lipinski definition) is 3. The average Bonchev–Trinajstić information content (AvgIpc) is 3.21. The largest absolute Gasteiger partial charge is 0.342 e. The molecule has 0 N–H and O–H groups in total. The third-order valence-corrected chi connectivity index (χ3v) is 5.91. The quantitative estimate of drug-likeness (QED) is 0.451. The molecule has 29 heavy (non-hydrogen) atoms. The number of para-hydroxylation sites is 1. The normalized spacial score (nSPS) is 15.4. The van der Waals surface area contributed by atoms with Gasteiger partial charge < -0.3 is 4.57 Å². The van der Waals surface area contributed by atoms with Gasteiger partial charge in [0.2, 0.25) is 0 Å². The molecule has 3 aromatic rings. The lowest BCUT2D eigenvalue weighted by atomic mass is 10.1. The Morgan fingerprint density at radius 1 is 1.10 bits per heavy atom. The number of thioether (sulfide) groups is 1. The minimum atomic E-state index is -0.325.